The molecule has 0 aliphatic carbocycles. The molecular weight excluding hydrogens is 429 g/mol. The molecule has 2 unspecified atom stereocenters. The summed E-state index contributed by atoms with van der Waals surface area (Å²) in [5.74, 6) is 1.26. The number of alkyl halides is 3. The molecule has 1 aliphatic rings. The molecule has 9 heteroatoms. The standard InChI is InChI=1S/C22H23F3N2O3S/c23-22(24,25)17-2-4-18(5-3-17)30-10-8-15-1-6-20-19(11-15)21(12-26-20)27-31(28)14-16-7-9-29-13-16/h1-6,11-12,16,26-27H,7-10,13-14H2. The van der Waals surface area contributed by atoms with Crippen LogP contribution < -0.4 is 9.46 Å². The maximum Gasteiger partial charge on any atom is 0.416 e. The molecular formula is C22H23F3N2O3S. The quantitative estimate of drug-likeness (QED) is 0.510. The summed E-state index contributed by atoms with van der Waals surface area (Å²) in [5.41, 5.74) is 2.02. The van der Waals surface area contributed by atoms with Gasteiger partial charge in [0.2, 0.25) is 0 Å². The number of H-pyrrole nitrogens is 1. The number of hydrogen-bond acceptors (Lipinski definition) is 3. The smallest absolute Gasteiger partial charge is 0.416 e. The molecule has 2 aromatic carbocycles. The lowest BCUT2D eigenvalue weighted by Gasteiger charge is -2.10. The van der Waals surface area contributed by atoms with Crippen LogP contribution in [0, 0.1) is 5.92 Å². The molecule has 31 heavy (non-hydrogen) atoms. The highest BCUT2D eigenvalue weighted by Gasteiger charge is 2.30. The lowest BCUT2D eigenvalue weighted by Crippen LogP contribution is -2.16. The van der Waals surface area contributed by atoms with E-state index in [4.69, 9.17) is 9.47 Å². The summed E-state index contributed by atoms with van der Waals surface area (Å²) < 4.78 is 64.4. The molecule has 2 N–H and O–H groups in total. The van der Waals surface area contributed by atoms with Crippen molar-refractivity contribution in [3.63, 3.8) is 0 Å². The number of fused-ring (bicyclic) bond motifs is 1. The van der Waals surface area contributed by atoms with Gasteiger partial charge in [0.05, 0.1) is 24.5 Å². The Labute approximate surface area is 180 Å². The average molecular weight is 452 g/mol. The average Bonchev–Trinajstić information content (AvgIpc) is 3.38. The van der Waals surface area contributed by atoms with Gasteiger partial charge in [-0.3, -0.25) is 0 Å². The lowest BCUT2D eigenvalue weighted by atomic mass is 10.1. The predicted molar refractivity (Wildman–Crippen MR) is 114 cm³/mol. The Morgan fingerprint density at radius 3 is 2.71 bits per heavy atom. The second-order valence-corrected chi connectivity index (χ2v) is 8.78. The molecule has 3 aromatic rings. The fourth-order valence-electron chi connectivity index (χ4n) is 3.53. The Morgan fingerprint density at radius 2 is 2.00 bits per heavy atom. The molecule has 0 saturated carbocycles. The molecule has 166 valence electrons. The van der Waals surface area contributed by atoms with Crippen LogP contribution in [-0.2, 0) is 28.3 Å². The van der Waals surface area contributed by atoms with E-state index in [9.17, 15) is 17.4 Å². The van der Waals surface area contributed by atoms with Crippen molar-refractivity contribution in [2.75, 3.05) is 30.3 Å². The van der Waals surface area contributed by atoms with Crippen LogP contribution in [0.5, 0.6) is 5.75 Å². The normalized spacial score (nSPS) is 17.7. The van der Waals surface area contributed by atoms with Crippen molar-refractivity contribution in [2.24, 2.45) is 5.92 Å². The maximum absolute atomic E-state index is 12.6. The first-order valence-electron chi connectivity index (χ1n) is 10.0. The maximum atomic E-state index is 12.6. The van der Waals surface area contributed by atoms with Gasteiger partial charge in [-0.1, -0.05) is 6.07 Å². The van der Waals surface area contributed by atoms with Crippen LogP contribution in [0.2, 0.25) is 0 Å². The van der Waals surface area contributed by atoms with Gasteiger partial charge >= 0.3 is 6.18 Å². The summed E-state index contributed by atoms with van der Waals surface area (Å²) in [6.45, 7) is 1.72. The Kier molecular flexibility index (Phi) is 6.52. The summed E-state index contributed by atoms with van der Waals surface area (Å²) in [4.78, 5) is 3.17. The van der Waals surface area contributed by atoms with E-state index in [1.807, 2.05) is 18.2 Å². The Morgan fingerprint density at radius 1 is 1.19 bits per heavy atom. The van der Waals surface area contributed by atoms with Crippen LogP contribution in [0.15, 0.2) is 48.7 Å². The van der Waals surface area contributed by atoms with Crippen molar-refractivity contribution in [2.45, 2.75) is 19.0 Å². The minimum Gasteiger partial charge on any atom is -0.493 e. The molecule has 5 nitrogen and oxygen atoms in total. The van der Waals surface area contributed by atoms with E-state index >= 15 is 0 Å². The summed E-state index contributed by atoms with van der Waals surface area (Å²) in [5, 5.41) is 0.933. The summed E-state index contributed by atoms with van der Waals surface area (Å²) in [7, 11) is -1.20. The van der Waals surface area contributed by atoms with Crippen LogP contribution >= 0.6 is 0 Å². The van der Waals surface area contributed by atoms with Gasteiger partial charge in [-0.15, -0.1) is 0 Å². The number of hydrogen-bond donors (Lipinski definition) is 2. The number of rotatable bonds is 8. The minimum absolute atomic E-state index is 0.316. The highest BCUT2D eigenvalue weighted by molar-refractivity contribution is 7.86. The van der Waals surface area contributed by atoms with Crippen molar-refractivity contribution in [1.29, 1.82) is 0 Å². The number of aromatic amines is 1. The first-order valence-corrected chi connectivity index (χ1v) is 11.3. The number of halogens is 3. The van der Waals surface area contributed by atoms with Gasteiger partial charge in [-0.05, 0) is 54.3 Å². The lowest BCUT2D eigenvalue weighted by molar-refractivity contribution is -0.137. The highest BCUT2D eigenvalue weighted by Crippen LogP contribution is 2.30. The molecule has 0 amide bonds. The van der Waals surface area contributed by atoms with E-state index in [2.05, 4.69) is 9.71 Å². The first-order chi connectivity index (χ1) is 14.9. The second kappa shape index (κ2) is 9.32. The minimum atomic E-state index is -4.36. The second-order valence-electron chi connectivity index (χ2n) is 7.55. The Hall–Kier alpha value is -2.52. The monoisotopic (exact) mass is 452 g/mol. The van der Waals surface area contributed by atoms with Crippen LogP contribution in [0.3, 0.4) is 0 Å². The molecule has 2 heterocycles. The molecule has 0 spiro atoms. The molecule has 2 atom stereocenters. The van der Waals surface area contributed by atoms with Crippen molar-refractivity contribution < 1.29 is 26.9 Å². The third kappa shape index (κ3) is 5.59. The number of ether oxygens (including phenoxy) is 2. The van der Waals surface area contributed by atoms with Gasteiger partial charge in [0.25, 0.3) is 0 Å². The zero-order valence-corrected chi connectivity index (χ0v) is 17.5. The van der Waals surface area contributed by atoms with Crippen molar-refractivity contribution in [3.8, 4) is 5.75 Å². The topological polar surface area (TPSA) is 63.3 Å². The van der Waals surface area contributed by atoms with Gasteiger partial charge in [0, 0.05) is 35.9 Å². The molecule has 1 aliphatic heterocycles. The largest absolute Gasteiger partial charge is 0.493 e. The van der Waals surface area contributed by atoms with Crippen molar-refractivity contribution >= 4 is 27.6 Å². The number of aromatic nitrogens is 1. The number of benzene rings is 2. The van der Waals surface area contributed by atoms with Gasteiger partial charge in [-0.25, -0.2) is 4.21 Å². The Balaban J connectivity index is 1.35. The first kappa shape index (κ1) is 21.7. The van der Waals surface area contributed by atoms with Crippen LogP contribution in [0.25, 0.3) is 10.9 Å². The fourth-order valence-corrected chi connectivity index (χ4v) is 4.72. The summed E-state index contributed by atoms with van der Waals surface area (Å²) in [6, 6.07) is 10.6. The van der Waals surface area contributed by atoms with E-state index in [0.29, 0.717) is 37.1 Å². The van der Waals surface area contributed by atoms with E-state index in [1.165, 1.54) is 12.1 Å². The summed E-state index contributed by atoms with van der Waals surface area (Å²) in [6.07, 6.45) is -1.03. The zero-order valence-electron chi connectivity index (χ0n) is 16.7. The predicted octanol–water partition coefficient (Wildman–Crippen LogP) is 4.92. The molecule has 4 rings (SSSR count). The molecule has 1 saturated heterocycles. The van der Waals surface area contributed by atoms with Crippen molar-refractivity contribution in [3.05, 3.63) is 59.8 Å². The molecule has 0 radical (unpaired) electrons. The third-order valence-corrected chi connectivity index (χ3v) is 6.44. The van der Waals surface area contributed by atoms with Crippen LogP contribution in [-0.4, -0.2) is 34.8 Å². The van der Waals surface area contributed by atoms with E-state index in [0.717, 1.165) is 47.3 Å². The van der Waals surface area contributed by atoms with Gasteiger partial charge < -0.3 is 19.2 Å². The number of nitrogens with one attached hydrogen (secondary N) is 2. The van der Waals surface area contributed by atoms with Crippen molar-refractivity contribution in [1.82, 2.24) is 4.98 Å². The molecule has 1 fully saturated rings. The van der Waals surface area contributed by atoms with Gasteiger partial charge in [0.1, 0.15) is 16.7 Å². The molecule has 0 bridgehead atoms. The Bertz CT molecular complexity index is 1040. The highest BCUT2D eigenvalue weighted by atomic mass is 32.2. The van der Waals surface area contributed by atoms with E-state index < -0.39 is 22.7 Å². The van der Waals surface area contributed by atoms with Crippen LogP contribution in [0.1, 0.15) is 17.5 Å². The molecule has 1 aromatic heterocycles. The number of anilines is 1. The van der Waals surface area contributed by atoms with E-state index in [1.54, 1.807) is 6.20 Å². The fraction of sp³-hybridized carbons (Fsp3) is 0.364. The summed E-state index contributed by atoms with van der Waals surface area (Å²) >= 11 is 0. The SMILES string of the molecule is O=S(CC1CCOC1)Nc1c[nH]c2ccc(CCOc3ccc(C(F)(F)F)cc3)cc12. The van der Waals surface area contributed by atoms with E-state index in [-0.39, 0.29) is 0 Å². The third-order valence-electron chi connectivity index (χ3n) is 5.22. The van der Waals surface area contributed by atoms with Crippen LogP contribution in [0.4, 0.5) is 18.9 Å². The van der Waals surface area contributed by atoms with Gasteiger partial charge in [-0.2, -0.15) is 13.2 Å². The van der Waals surface area contributed by atoms with Gasteiger partial charge in [0.15, 0.2) is 0 Å². The zero-order chi connectivity index (χ0) is 21.8.